The number of nitrogens with one attached hydrogen (secondary N) is 1. The van der Waals surface area contributed by atoms with Gasteiger partial charge in [-0.2, -0.15) is 0 Å². The van der Waals surface area contributed by atoms with Gasteiger partial charge in [-0.15, -0.1) is 0 Å². The van der Waals surface area contributed by atoms with Crippen molar-refractivity contribution in [2.75, 3.05) is 17.1 Å². The van der Waals surface area contributed by atoms with Crippen LogP contribution in [0.25, 0.3) is 0 Å². The Morgan fingerprint density at radius 2 is 1.91 bits per heavy atom. The van der Waals surface area contributed by atoms with Crippen LogP contribution in [0.5, 0.6) is 0 Å². The average molecular weight is 342 g/mol. The molecule has 0 fully saturated rings. The highest BCUT2D eigenvalue weighted by Gasteiger charge is 2.20. The number of rotatable bonds is 5. The lowest BCUT2D eigenvalue weighted by Gasteiger charge is -2.24. The number of carbonyl (C=O) groups is 1. The van der Waals surface area contributed by atoms with Gasteiger partial charge in [0.1, 0.15) is 5.60 Å². The maximum absolute atomic E-state index is 11.9. The van der Waals surface area contributed by atoms with Gasteiger partial charge in [0.05, 0.1) is 11.9 Å². The highest BCUT2D eigenvalue weighted by molar-refractivity contribution is 7.92. The Bertz CT molecular complexity index is 663. The lowest BCUT2D eigenvalue weighted by atomic mass is 10.1. The van der Waals surface area contributed by atoms with E-state index in [4.69, 9.17) is 4.74 Å². The van der Waals surface area contributed by atoms with Gasteiger partial charge in [-0.25, -0.2) is 13.2 Å². The third kappa shape index (κ3) is 6.09. The van der Waals surface area contributed by atoms with Crippen molar-refractivity contribution in [3.05, 3.63) is 29.3 Å². The predicted octanol–water partition coefficient (Wildman–Crippen LogP) is 2.81. The summed E-state index contributed by atoms with van der Waals surface area (Å²) in [7, 11) is -3.38. The zero-order valence-corrected chi connectivity index (χ0v) is 15.5. The van der Waals surface area contributed by atoms with Crippen molar-refractivity contribution in [1.29, 1.82) is 0 Å². The first kappa shape index (κ1) is 19.3. The number of hydrogen-bond acceptors (Lipinski definition) is 4. The minimum atomic E-state index is -3.38. The Morgan fingerprint density at radius 3 is 2.39 bits per heavy atom. The predicted molar refractivity (Wildman–Crippen MR) is 92.1 cm³/mol. The molecule has 0 aliphatic rings. The zero-order valence-electron chi connectivity index (χ0n) is 14.6. The zero-order chi connectivity index (χ0) is 17.8. The first-order valence-corrected chi connectivity index (χ1v) is 9.33. The molecule has 0 spiro atoms. The monoisotopic (exact) mass is 342 g/mol. The fourth-order valence-electron chi connectivity index (χ4n) is 2.16. The number of nitrogens with zero attached hydrogens (tertiary/aromatic N) is 1. The maximum Gasteiger partial charge on any atom is 0.407 e. The molecule has 1 aromatic carbocycles. The molecule has 0 unspecified atom stereocenters. The van der Waals surface area contributed by atoms with E-state index in [1.807, 2.05) is 19.1 Å². The molecule has 0 aromatic heterocycles. The van der Waals surface area contributed by atoms with E-state index in [1.54, 1.807) is 33.8 Å². The van der Waals surface area contributed by atoms with E-state index in [0.29, 0.717) is 12.2 Å². The van der Waals surface area contributed by atoms with Crippen molar-refractivity contribution < 1.29 is 17.9 Å². The molecule has 1 amide bonds. The van der Waals surface area contributed by atoms with Crippen molar-refractivity contribution in [3.8, 4) is 0 Å². The van der Waals surface area contributed by atoms with Crippen molar-refractivity contribution in [3.63, 3.8) is 0 Å². The summed E-state index contributed by atoms with van der Waals surface area (Å²) in [4.78, 5) is 11.8. The molecule has 6 nitrogen and oxygen atoms in total. The number of carbonyl (C=O) groups excluding carboxylic acids is 1. The second-order valence-electron chi connectivity index (χ2n) is 6.42. The number of aryl methyl sites for hydroxylation is 1. The van der Waals surface area contributed by atoms with Gasteiger partial charge in [0.15, 0.2) is 0 Å². The number of hydrogen-bond donors (Lipinski definition) is 1. The van der Waals surface area contributed by atoms with E-state index in [9.17, 15) is 13.2 Å². The molecule has 0 aliphatic carbocycles. The SMILES string of the molecule is CCN(c1ccc(C)cc1CNC(=O)OC(C)(C)C)S(C)(=O)=O. The minimum absolute atomic E-state index is 0.192. The van der Waals surface area contributed by atoms with Crippen LogP contribution in [0.4, 0.5) is 10.5 Å². The van der Waals surface area contributed by atoms with Gasteiger partial charge >= 0.3 is 6.09 Å². The standard InChI is InChI=1S/C16H26N2O4S/c1-7-18(23(6,20)21)14-9-8-12(2)10-13(14)11-17-15(19)22-16(3,4)5/h8-10H,7,11H2,1-6H3,(H,17,19). The molecular weight excluding hydrogens is 316 g/mol. The second-order valence-corrected chi connectivity index (χ2v) is 8.32. The third-order valence-electron chi connectivity index (χ3n) is 3.01. The number of ether oxygens (including phenoxy) is 1. The van der Waals surface area contributed by atoms with Crippen LogP contribution < -0.4 is 9.62 Å². The van der Waals surface area contributed by atoms with Gasteiger partial charge in [0.25, 0.3) is 0 Å². The topological polar surface area (TPSA) is 75.7 Å². The van der Waals surface area contributed by atoms with Crippen molar-refractivity contribution >= 4 is 21.8 Å². The summed E-state index contributed by atoms with van der Waals surface area (Å²) in [5.41, 5.74) is 1.70. The molecular formula is C16H26N2O4S. The van der Waals surface area contributed by atoms with E-state index in [1.165, 1.54) is 10.6 Å². The summed E-state index contributed by atoms with van der Waals surface area (Å²) < 4.78 is 30.4. The lowest BCUT2D eigenvalue weighted by Crippen LogP contribution is -2.34. The van der Waals surface area contributed by atoms with Crippen LogP contribution >= 0.6 is 0 Å². The van der Waals surface area contributed by atoms with Crippen LogP contribution in [0.1, 0.15) is 38.8 Å². The van der Waals surface area contributed by atoms with E-state index < -0.39 is 21.7 Å². The van der Waals surface area contributed by atoms with Gasteiger partial charge in [0.2, 0.25) is 10.0 Å². The summed E-state index contributed by atoms with van der Waals surface area (Å²) in [6, 6.07) is 5.46. The molecule has 0 heterocycles. The van der Waals surface area contributed by atoms with Gasteiger partial charge < -0.3 is 10.1 Å². The molecule has 0 aliphatic heterocycles. The Hall–Kier alpha value is -1.76. The van der Waals surface area contributed by atoms with Crippen molar-refractivity contribution in [1.82, 2.24) is 5.32 Å². The van der Waals surface area contributed by atoms with Crippen molar-refractivity contribution in [2.45, 2.75) is 46.8 Å². The molecule has 1 rings (SSSR count). The molecule has 0 atom stereocenters. The summed E-state index contributed by atoms with van der Waals surface area (Å²) in [5, 5.41) is 2.67. The summed E-state index contributed by atoms with van der Waals surface area (Å²) in [6.07, 6.45) is 0.633. The molecule has 0 saturated carbocycles. The lowest BCUT2D eigenvalue weighted by molar-refractivity contribution is 0.0523. The first-order valence-electron chi connectivity index (χ1n) is 7.48. The molecule has 130 valence electrons. The number of amides is 1. The fraction of sp³-hybridized carbons (Fsp3) is 0.562. The number of anilines is 1. The Balaban J connectivity index is 3.02. The molecule has 7 heteroatoms. The normalized spacial score (nSPS) is 11.9. The summed E-state index contributed by atoms with van der Waals surface area (Å²) in [5.74, 6) is 0. The Kier molecular flexibility index (Phi) is 6.04. The highest BCUT2D eigenvalue weighted by Crippen LogP contribution is 2.24. The summed E-state index contributed by atoms with van der Waals surface area (Å²) in [6.45, 7) is 9.55. The third-order valence-corrected chi connectivity index (χ3v) is 4.27. The summed E-state index contributed by atoms with van der Waals surface area (Å²) >= 11 is 0. The van der Waals surface area contributed by atoms with Crippen LogP contribution in [-0.2, 0) is 21.3 Å². The number of sulfonamides is 1. The number of benzene rings is 1. The quantitative estimate of drug-likeness (QED) is 0.893. The molecule has 23 heavy (non-hydrogen) atoms. The minimum Gasteiger partial charge on any atom is -0.444 e. The van der Waals surface area contributed by atoms with Gasteiger partial charge in [-0.1, -0.05) is 17.7 Å². The second kappa shape index (κ2) is 7.21. The van der Waals surface area contributed by atoms with Crippen LogP contribution in [0.15, 0.2) is 18.2 Å². The highest BCUT2D eigenvalue weighted by atomic mass is 32.2. The van der Waals surface area contributed by atoms with Crippen LogP contribution in [0, 0.1) is 6.92 Å². The van der Waals surface area contributed by atoms with Gasteiger partial charge in [-0.05, 0) is 46.2 Å². The van der Waals surface area contributed by atoms with Gasteiger partial charge in [0, 0.05) is 13.1 Å². The van der Waals surface area contributed by atoms with E-state index >= 15 is 0 Å². The Labute approximate surface area is 138 Å². The molecule has 1 aromatic rings. The molecule has 0 bridgehead atoms. The fourth-order valence-corrected chi connectivity index (χ4v) is 3.17. The first-order chi connectivity index (χ1) is 10.4. The smallest absolute Gasteiger partial charge is 0.407 e. The van der Waals surface area contributed by atoms with E-state index in [0.717, 1.165) is 11.1 Å². The Morgan fingerprint density at radius 1 is 1.30 bits per heavy atom. The number of alkyl carbamates (subject to hydrolysis) is 1. The van der Waals surface area contributed by atoms with Crippen LogP contribution in [-0.4, -0.2) is 32.9 Å². The molecule has 0 radical (unpaired) electrons. The van der Waals surface area contributed by atoms with Gasteiger partial charge in [-0.3, -0.25) is 4.31 Å². The largest absolute Gasteiger partial charge is 0.444 e. The molecule has 1 N–H and O–H groups in total. The van der Waals surface area contributed by atoms with E-state index in [-0.39, 0.29) is 6.54 Å². The van der Waals surface area contributed by atoms with Crippen molar-refractivity contribution in [2.24, 2.45) is 0 Å². The molecule has 0 saturated heterocycles. The van der Waals surface area contributed by atoms with E-state index in [2.05, 4.69) is 5.32 Å². The maximum atomic E-state index is 11.9. The van der Waals surface area contributed by atoms with Crippen LogP contribution in [0.3, 0.4) is 0 Å². The average Bonchev–Trinajstić information content (AvgIpc) is 2.35. The van der Waals surface area contributed by atoms with Crippen LogP contribution in [0.2, 0.25) is 0 Å².